The van der Waals surface area contributed by atoms with Gasteiger partial charge in [-0.3, -0.25) is 4.57 Å². The number of benzene rings is 2. The van der Waals surface area contributed by atoms with Crippen LogP contribution in [0.15, 0.2) is 65.7 Å². The zero-order valence-corrected chi connectivity index (χ0v) is 20.0. The lowest BCUT2D eigenvalue weighted by Crippen LogP contribution is -2.00. The lowest BCUT2D eigenvalue weighted by Gasteiger charge is -2.10. The van der Waals surface area contributed by atoms with Crippen LogP contribution in [0.5, 0.6) is 11.5 Å². The summed E-state index contributed by atoms with van der Waals surface area (Å²) in [4.78, 5) is 4.80. The summed E-state index contributed by atoms with van der Waals surface area (Å²) in [6.45, 7) is 4.48. The van der Waals surface area contributed by atoms with Gasteiger partial charge in [0.2, 0.25) is 0 Å². The zero-order chi connectivity index (χ0) is 22.5. The molecular formula is C23H21ClN4O2S2. The zero-order valence-electron chi connectivity index (χ0n) is 17.6. The Morgan fingerprint density at radius 2 is 1.94 bits per heavy atom. The van der Waals surface area contributed by atoms with Crippen molar-refractivity contribution in [2.24, 2.45) is 0 Å². The molecule has 2 aromatic carbocycles. The number of ether oxygens (including phenoxy) is 2. The number of thiazole rings is 1. The second-order valence-corrected chi connectivity index (χ2v) is 8.92. The van der Waals surface area contributed by atoms with Gasteiger partial charge in [0, 0.05) is 28.3 Å². The Balaban J connectivity index is 1.55. The molecule has 0 saturated heterocycles. The molecule has 0 aliphatic carbocycles. The van der Waals surface area contributed by atoms with E-state index in [2.05, 4.69) is 22.2 Å². The van der Waals surface area contributed by atoms with Crippen molar-refractivity contribution in [2.75, 3.05) is 14.2 Å². The van der Waals surface area contributed by atoms with Crippen molar-refractivity contribution < 1.29 is 9.47 Å². The third-order valence-corrected chi connectivity index (χ3v) is 6.84. The fourth-order valence-corrected chi connectivity index (χ4v) is 5.11. The Bertz CT molecular complexity index is 1220. The van der Waals surface area contributed by atoms with Gasteiger partial charge in [0.15, 0.2) is 22.5 Å². The molecule has 0 unspecified atom stereocenters. The van der Waals surface area contributed by atoms with Gasteiger partial charge in [-0.2, -0.15) is 0 Å². The molecule has 0 saturated carbocycles. The molecule has 0 amide bonds. The normalized spacial score (nSPS) is 10.8. The first-order valence-electron chi connectivity index (χ1n) is 9.73. The van der Waals surface area contributed by atoms with Gasteiger partial charge in [0.1, 0.15) is 5.01 Å². The molecule has 0 spiro atoms. The van der Waals surface area contributed by atoms with Crippen LogP contribution in [0.3, 0.4) is 0 Å². The number of para-hydroxylation sites is 1. The smallest absolute Gasteiger partial charge is 0.192 e. The summed E-state index contributed by atoms with van der Waals surface area (Å²) in [7, 11) is 3.26. The van der Waals surface area contributed by atoms with Gasteiger partial charge in [0.05, 0.1) is 25.5 Å². The second-order valence-electron chi connectivity index (χ2n) is 6.69. The molecule has 164 valence electrons. The SMILES string of the molecule is C=CCn1c(SCc2csc(-c3cccc(OC)c3OC)n2)nnc1-c1ccc(Cl)cc1. The van der Waals surface area contributed by atoms with E-state index >= 15 is 0 Å². The number of rotatable bonds is 9. The summed E-state index contributed by atoms with van der Waals surface area (Å²) >= 11 is 9.18. The number of aromatic nitrogens is 4. The Labute approximate surface area is 199 Å². The molecule has 2 heterocycles. The lowest BCUT2D eigenvalue weighted by molar-refractivity contribution is 0.356. The summed E-state index contributed by atoms with van der Waals surface area (Å²) in [5, 5.41) is 13.2. The molecule has 0 aliphatic heterocycles. The monoisotopic (exact) mass is 484 g/mol. The van der Waals surface area contributed by atoms with Crippen molar-refractivity contribution in [3.63, 3.8) is 0 Å². The first-order chi connectivity index (χ1) is 15.6. The van der Waals surface area contributed by atoms with E-state index < -0.39 is 0 Å². The quantitative estimate of drug-likeness (QED) is 0.207. The van der Waals surface area contributed by atoms with Crippen LogP contribution >= 0.6 is 34.7 Å². The van der Waals surface area contributed by atoms with Gasteiger partial charge in [-0.05, 0) is 36.4 Å². The third-order valence-electron chi connectivity index (χ3n) is 4.67. The van der Waals surface area contributed by atoms with E-state index in [0.717, 1.165) is 32.8 Å². The van der Waals surface area contributed by atoms with Gasteiger partial charge in [0.25, 0.3) is 0 Å². The Morgan fingerprint density at radius 3 is 2.66 bits per heavy atom. The van der Waals surface area contributed by atoms with Crippen LogP contribution in [0.4, 0.5) is 0 Å². The minimum Gasteiger partial charge on any atom is -0.493 e. The van der Waals surface area contributed by atoms with Crippen molar-refractivity contribution in [3.8, 4) is 33.5 Å². The lowest BCUT2D eigenvalue weighted by atomic mass is 10.2. The number of hydrogen-bond acceptors (Lipinski definition) is 7. The predicted molar refractivity (Wildman–Crippen MR) is 131 cm³/mol. The minimum atomic E-state index is 0.608. The Hall–Kier alpha value is -2.81. The first-order valence-corrected chi connectivity index (χ1v) is 12.0. The van der Waals surface area contributed by atoms with Crippen LogP contribution in [0.1, 0.15) is 5.69 Å². The van der Waals surface area contributed by atoms with Crippen LogP contribution in [-0.2, 0) is 12.3 Å². The average Bonchev–Trinajstić information content (AvgIpc) is 3.45. The van der Waals surface area contributed by atoms with Gasteiger partial charge < -0.3 is 9.47 Å². The van der Waals surface area contributed by atoms with Gasteiger partial charge >= 0.3 is 0 Å². The average molecular weight is 485 g/mol. The van der Waals surface area contributed by atoms with Crippen molar-refractivity contribution in [1.29, 1.82) is 0 Å². The van der Waals surface area contributed by atoms with Crippen LogP contribution in [0.2, 0.25) is 5.02 Å². The maximum absolute atomic E-state index is 6.02. The Kier molecular flexibility index (Phi) is 7.14. The van der Waals surface area contributed by atoms with E-state index in [9.17, 15) is 0 Å². The maximum Gasteiger partial charge on any atom is 0.192 e. The molecule has 0 atom stereocenters. The van der Waals surface area contributed by atoms with Gasteiger partial charge in [-0.1, -0.05) is 35.5 Å². The molecule has 4 rings (SSSR count). The van der Waals surface area contributed by atoms with E-state index in [0.29, 0.717) is 28.8 Å². The van der Waals surface area contributed by atoms with Gasteiger partial charge in [-0.25, -0.2) is 4.98 Å². The highest BCUT2D eigenvalue weighted by molar-refractivity contribution is 7.98. The van der Waals surface area contributed by atoms with E-state index in [1.807, 2.05) is 53.1 Å². The largest absolute Gasteiger partial charge is 0.493 e. The summed E-state index contributed by atoms with van der Waals surface area (Å²) in [5.74, 6) is 2.81. The van der Waals surface area contributed by atoms with E-state index in [1.165, 1.54) is 0 Å². The number of nitrogens with zero attached hydrogens (tertiary/aromatic N) is 4. The van der Waals surface area contributed by atoms with Gasteiger partial charge in [-0.15, -0.1) is 28.1 Å². The van der Waals surface area contributed by atoms with Crippen LogP contribution in [-0.4, -0.2) is 34.0 Å². The molecule has 0 radical (unpaired) electrons. The summed E-state index contributed by atoms with van der Waals surface area (Å²) in [6, 6.07) is 13.4. The third kappa shape index (κ3) is 4.67. The molecule has 4 aromatic rings. The second kappa shape index (κ2) is 10.2. The molecule has 0 bridgehead atoms. The fourth-order valence-electron chi connectivity index (χ4n) is 3.19. The molecule has 9 heteroatoms. The molecule has 32 heavy (non-hydrogen) atoms. The molecule has 0 aliphatic rings. The molecule has 0 N–H and O–H groups in total. The number of hydrogen-bond donors (Lipinski definition) is 0. The highest BCUT2D eigenvalue weighted by Crippen LogP contribution is 2.39. The standard InChI is InChI=1S/C23H21ClN4O2S2/c1-4-12-28-21(15-8-10-16(24)11-9-15)26-27-23(28)32-14-17-13-31-22(25-17)18-6-5-7-19(29-2)20(18)30-3/h4-11,13H,1,12,14H2,2-3H3. The Morgan fingerprint density at radius 1 is 1.12 bits per heavy atom. The van der Waals surface area contributed by atoms with Crippen molar-refractivity contribution >= 4 is 34.7 Å². The molecule has 0 fully saturated rings. The highest BCUT2D eigenvalue weighted by atomic mass is 35.5. The van der Waals surface area contributed by atoms with Crippen LogP contribution in [0.25, 0.3) is 22.0 Å². The predicted octanol–water partition coefficient (Wildman–Crippen LogP) is 6.22. The number of methoxy groups -OCH3 is 2. The highest BCUT2D eigenvalue weighted by Gasteiger charge is 2.17. The first kappa shape index (κ1) is 22.4. The van der Waals surface area contributed by atoms with Crippen molar-refractivity contribution in [2.45, 2.75) is 17.5 Å². The van der Waals surface area contributed by atoms with E-state index in [1.54, 1.807) is 37.3 Å². The summed E-state index contributed by atoms with van der Waals surface area (Å²) in [6.07, 6.45) is 1.84. The molecule has 6 nitrogen and oxygen atoms in total. The summed E-state index contributed by atoms with van der Waals surface area (Å²) in [5.41, 5.74) is 2.82. The van der Waals surface area contributed by atoms with Crippen molar-refractivity contribution in [1.82, 2.24) is 19.7 Å². The fraction of sp³-hybridized carbons (Fsp3) is 0.174. The number of allylic oxidation sites excluding steroid dienone is 1. The van der Waals surface area contributed by atoms with E-state index in [4.69, 9.17) is 26.1 Å². The number of thioether (sulfide) groups is 1. The van der Waals surface area contributed by atoms with E-state index in [-0.39, 0.29) is 0 Å². The minimum absolute atomic E-state index is 0.608. The molecule has 2 aromatic heterocycles. The summed E-state index contributed by atoms with van der Waals surface area (Å²) < 4.78 is 13.0. The maximum atomic E-state index is 6.02. The van der Waals surface area contributed by atoms with Crippen LogP contribution in [0, 0.1) is 0 Å². The van der Waals surface area contributed by atoms with Crippen molar-refractivity contribution in [3.05, 3.63) is 71.2 Å². The topological polar surface area (TPSA) is 62.1 Å². The molecular weight excluding hydrogens is 464 g/mol. The van der Waals surface area contributed by atoms with Crippen LogP contribution < -0.4 is 9.47 Å². The number of halogens is 1.